The van der Waals surface area contributed by atoms with Crippen molar-refractivity contribution in [2.24, 2.45) is 0 Å². The van der Waals surface area contributed by atoms with E-state index in [1.807, 2.05) is 6.92 Å². The van der Waals surface area contributed by atoms with Crippen LogP contribution in [-0.4, -0.2) is 16.9 Å². The highest BCUT2D eigenvalue weighted by molar-refractivity contribution is 5.34. The fourth-order valence-electron chi connectivity index (χ4n) is 1.73. The van der Waals surface area contributed by atoms with Gasteiger partial charge in [-0.3, -0.25) is 0 Å². The van der Waals surface area contributed by atoms with Gasteiger partial charge >= 0.3 is 0 Å². The maximum atomic E-state index is 13.6. The lowest BCUT2D eigenvalue weighted by molar-refractivity contribution is 0.385. The molecule has 2 rings (SSSR count). The Bertz CT molecular complexity index is 524. The topological polar surface area (TPSA) is 53.1 Å². The molecule has 1 aromatic carbocycles. The number of halogens is 1. The summed E-state index contributed by atoms with van der Waals surface area (Å²) in [7, 11) is 1.44. The van der Waals surface area contributed by atoms with Crippen molar-refractivity contribution < 1.29 is 9.13 Å². The Labute approximate surface area is 98.8 Å². The van der Waals surface area contributed by atoms with Crippen molar-refractivity contribution in [1.82, 2.24) is 9.78 Å². The van der Waals surface area contributed by atoms with Gasteiger partial charge in [0.05, 0.1) is 19.3 Å². The third-order valence-electron chi connectivity index (χ3n) is 2.73. The number of rotatable bonds is 3. The summed E-state index contributed by atoms with van der Waals surface area (Å²) in [6, 6.07) is 6.42. The first-order valence-electron chi connectivity index (χ1n) is 5.26. The number of anilines is 1. The van der Waals surface area contributed by atoms with Crippen LogP contribution in [0.2, 0.25) is 0 Å². The zero-order valence-corrected chi connectivity index (χ0v) is 9.72. The fourth-order valence-corrected chi connectivity index (χ4v) is 1.73. The Hall–Kier alpha value is -2.04. The van der Waals surface area contributed by atoms with Crippen LogP contribution in [0.15, 0.2) is 30.5 Å². The standard InChI is InChI=1S/C12H14FN3O/c1-8(16-12(14)5-6-15-16)9-3-4-11(17-2)10(13)7-9/h3-8H,14H2,1-2H3. The van der Waals surface area contributed by atoms with Crippen molar-refractivity contribution >= 4 is 5.82 Å². The molecule has 17 heavy (non-hydrogen) atoms. The summed E-state index contributed by atoms with van der Waals surface area (Å²) in [5.41, 5.74) is 6.55. The molecule has 90 valence electrons. The van der Waals surface area contributed by atoms with E-state index in [9.17, 15) is 4.39 Å². The van der Waals surface area contributed by atoms with Gasteiger partial charge in [0.1, 0.15) is 5.82 Å². The number of ether oxygens (including phenoxy) is 1. The van der Waals surface area contributed by atoms with E-state index in [2.05, 4.69) is 5.10 Å². The minimum Gasteiger partial charge on any atom is -0.494 e. The second-order valence-electron chi connectivity index (χ2n) is 3.77. The summed E-state index contributed by atoms with van der Waals surface area (Å²) in [5.74, 6) is 0.394. The number of nitrogens with two attached hydrogens (primary N) is 1. The van der Waals surface area contributed by atoms with Gasteiger partial charge < -0.3 is 10.5 Å². The first kappa shape index (κ1) is 11.4. The summed E-state index contributed by atoms with van der Waals surface area (Å²) < 4.78 is 20.1. The smallest absolute Gasteiger partial charge is 0.165 e. The molecule has 5 heteroatoms. The fraction of sp³-hybridized carbons (Fsp3) is 0.250. The highest BCUT2D eigenvalue weighted by Crippen LogP contribution is 2.24. The maximum Gasteiger partial charge on any atom is 0.165 e. The highest BCUT2D eigenvalue weighted by atomic mass is 19.1. The lowest BCUT2D eigenvalue weighted by atomic mass is 10.1. The molecule has 1 heterocycles. The van der Waals surface area contributed by atoms with E-state index in [4.69, 9.17) is 10.5 Å². The first-order valence-corrected chi connectivity index (χ1v) is 5.26. The summed E-state index contributed by atoms with van der Waals surface area (Å²) in [6.45, 7) is 1.91. The third kappa shape index (κ3) is 2.08. The second-order valence-corrected chi connectivity index (χ2v) is 3.77. The van der Waals surface area contributed by atoms with Crippen LogP contribution < -0.4 is 10.5 Å². The average molecular weight is 235 g/mol. The van der Waals surface area contributed by atoms with Crippen molar-refractivity contribution in [3.8, 4) is 5.75 Å². The van der Waals surface area contributed by atoms with E-state index >= 15 is 0 Å². The maximum absolute atomic E-state index is 13.6. The van der Waals surface area contributed by atoms with Crippen molar-refractivity contribution in [2.75, 3.05) is 12.8 Å². The normalized spacial score (nSPS) is 12.4. The van der Waals surface area contributed by atoms with Crippen LogP contribution in [0.3, 0.4) is 0 Å². The first-order chi connectivity index (χ1) is 8.13. The highest BCUT2D eigenvalue weighted by Gasteiger charge is 2.13. The minimum absolute atomic E-state index is 0.120. The van der Waals surface area contributed by atoms with E-state index in [0.29, 0.717) is 5.82 Å². The van der Waals surface area contributed by atoms with Gasteiger partial charge in [0.15, 0.2) is 11.6 Å². The van der Waals surface area contributed by atoms with Crippen LogP contribution in [0.5, 0.6) is 5.75 Å². The molecule has 2 aromatic rings. The predicted octanol–water partition coefficient (Wildman–Crippen LogP) is 2.22. The molecule has 0 aliphatic heterocycles. The molecule has 0 aliphatic carbocycles. The Balaban J connectivity index is 2.35. The number of hydrogen-bond donors (Lipinski definition) is 1. The molecule has 0 fully saturated rings. The van der Waals surface area contributed by atoms with Crippen LogP contribution in [0.1, 0.15) is 18.5 Å². The number of methoxy groups -OCH3 is 1. The lowest BCUT2D eigenvalue weighted by Crippen LogP contribution is -2.11. The molecule has 0 bridgehead atoms. The van der Waals surface area contributed by atoms with Gasteiger partial charge in [0.25, 0.3) is 0 Å². The summed E-state index contributed by atoms with van der Waals surface area (Å²) in [6.07, 6.45) is 1.62. The van der Waals surface area contributed by atoms with Gasteiger partial charge in [-0.25, -0.2) is 9.07 Å². The van der Waals surface area contributed by atoms with Crippen LogP contribution in [0.25, 0.3) is 0 Å². The van der Waals surface area contributed by atoms with Gasteiger partial charge in [-0.1, -0.05) is 6.07 Å². The van der Waals surface area contributed by atoms with Gasteiger partial charge in [-0.05, 0) is 30.7 Å². The monoisotopic (exact) mass is 235 g/mol. The molecule has 2 N–H and O–H groups in total. The predicted molar refractivity (Wildman–Crippen MR) is 63.4 cm³/mol. The Kier molecular flexibility index (Phi) is 2.99. The van der Waals surface area contributed by atoms with Gasteiger partial charge in [-0.2, -0.15) is 5.10 Å². The van der Waals surface area contributed by atoms with Gasteiger partial charge in [0, 0.05) is 0 Å². The summed E-state index contributed by atoms with van der Waals surface area (Å²) >= 11 is 0. The molecule has 0 saturated carbocycles. The molecule has 0 amide bonds. The largest absolute Gasteiger partial charge is 0.494 e. The van der Waals surface area contributed by atoms with E-state index in [1.165, 1.54) is 13.2 Å². The molecule has 0 saturated heterocycles. The molecule has 0 radical (unpaired) electrons. The number of benzene rings is 1. The Morgan fingerprint density at radius 3 is 2.71 bits per heavy atom. The van der Waals surface area contributed by atoms with Gasteiger partial charge in [-0.15, -0.1) is 0 Å². The van der Waals surface area contributed by atoms with E-state index in [1.54, 1.807) is 29.1 Å². The Morgan fingerprint density at radius 1 is 1.41 bits per heavy atom. The van der Waals surface area contributed by atoms with E-state index in [-0.39, 0.29) is 17.6 Å². The van der Waals surface area contributed by atoms with Crippen LogP contribution >= 0.6 is 0 Å². The van der Waals surface area contributed by atoms with E-state index < -0.39 is 0 Å². The molecular weight excluding hydrogens is 221 g/mol. The third-order valence-corrected chi connectivity index (χ3v) is 2.73. The summed E-state index contributed by atoms with van der Waals surface area (Å²) in [5, 5.41) is 4.10. The van der Waals surface area contributed by atoms with Crippen molar-refractivity contribution in [2.45, 2.75) is 13.0 Å². The summed E-state index contributed by atoms with van der Waals surface area (Å²) in [4.78, 5) is 0. The molecular formula is C12H14FN3O. The molecule has 1 atom stereocenters. The molecule has 0 aliphatic rings. The van der Waals surface area contributed by atoms with Crippen molar-refractivity contribution in [3.63, 3.8) is 0 Å². The zero-order valence-electron chi connectivity index (χ0n) is 9.72. The number of hydrogen-bond acceptors (Lipinski definition) is 3. The zero-order chi connectivity index (χ0) is 12.4. The van der Waals surface area contributed by atoms with Crippen LogP contribution in [-0.2, 0) is 0 Å². The number of nitrogens with zero attached hydrogens (tertiary/aromatic N) is 2. The molecule has 1 unspecified atom stereocenters. The second kappa shape index (κ2) is 4.45. The SMILES string of the molecule is COc1ccc(C(C)n2nccc2N)cc1F. The Morgan fingerprint density at radius 2 is 2.18 bits per heavy atom. The molecule has 1 aromatic heterocycles. The van der Waals surface area contributed by atoms with E-state index in [0.717, 1.165) is 5.56 Å². The van der Waals surface area contributed by atoms with Crippen molar-refractivity contribution in [1.29, 1.82) is 0 Å². The molecule has 0 spiro atoms. The molecule has 4 nitrogen and oxygen atoms in total. The van der Waals surface area contributed by atoms with Gasteiger partial charge in [0.2, 0.25) is 0 Å². The number of nitrogen functional groups attached to an aromatic ring is 1. The van der Waals surface area contributed by atoms with Crippen LogP contribution in [0.4, 0.5) is 10.2 Å². The quantitative estimate of drug-likeness (QED) is 0.887. The lowest BCUT2D eigenvalue weighted by Gasteiger charge is -2.15. The minimum atomic E-state index is -0.387. The average Bonchev–Trinajstić information content (AvgIpc) is 2.74. The van der Waals surface area contributed by atoms with Crippen molar-refractivity contribution in [3.05, 3.63) is 41.8 Å². The van der Waals surface area contributed by atoms with Crippen LogP contribution in [0, 0.1) is 5.82 Å². The number of aromatic nitrogens is 2.